The van der Waals surface area contributed by atoms with Gasteiger partial charge in [0, 0.05) is 31.1 Å². The van der Waals surface area contributed by atoms with Gasteiger partial charge in [-0.25, -0.2) is 4.79 Å². The number of anilines is 1. The van der Waals surface area contributed by atoms with E-state index in [2.05, 4.69) is 11.9 Å². The second kappa shape index (κ2) is 6.86. The van der Waals surface area contributed by atoms with Crippen LogP contribution in [0.5, 0.6) is 0 Å². The van der Waals surface area contributed by atoms with Gasteiger partial charge in [-0.15, -0.1) is 6.58 Å². The number of hydrogen-bond donors (Lipinski definition) is 1. The molecule has 1 heterocycles. The highest BCUT2D eigenvalue weighted by molar-refractivity contribution is 5.86. The van der Waals surface area contributed by atoms with Crippen LogP contribution in [0.2, 0.25) is 0 Å². The molecule has 2 rings (SSSR count). The second-order valence-electron chi connectivity index (χ2n) is 6.76. The van der Waals surface area contributed by atoms with Gasteiger partial charge >= 0.3 is 6.09 Å². The Labute approximate surface area is 137 Å². The predicted molar refractivity (Wildman–Crippen MR) is 90.0 cm³/mol. The molecule has 1 saturated heterocycles. The maximum absolute atomic E-state index is 12.0. The molecule has 5 nitrogen and oxygen atoms in total. The van der Waals surface area contributed by atoms with Gasteiger partial charge in [-0.05, 0) is 32.4 Å². The van der Waals surface area contributed by atoms with E-state index in [0.717, 1.165) is 5.56 Å². The van der Waals surface area contributed by atoms with Gasteiger partial charge in [-0.1, -0.05) is 24.3 Å². The number of ether oxygens (including phenoxy) is 1. The SMILES string of the molecule is C=CC1CC(=O)N(Cc2ccccc2NC(=O)OC(C)(C)C)C1. The Morgan fingerprint density at radius 2 is 2.13 bits per heavy atom. The van der Waals surface area contributed by atoms with E-state index in [1.165, 1.54) is 0 Å². The molecule has 1 aliphatic heterocycles. The molecule has 0 bridgehead atoms. The van der Waals surface area contributed by atoms with Gasteiger partial charge in [0.25, 0.3) is 0 Å². The zero-order chi connectivity index (χ0) is 17.0. The average molecular weight is 316 g/mol. The zero-order valence-corrected chi connectivity index (χ0v) is 14.0. The quantitative estimate of drug-likeness (QED) is 0.864. The van der Waals surface area contributed by atoms with Gasteiger partial charge in [-0.2, -0.15) is 0 Å². The van der Waals surface area contributed by atoms with Gasteiger partial charge in [0.1, 0.15) is 5.60 Å². The fourth-order valence-electron chi connectivity index (χ4n) is 2.51. The van der Waals surface area contributed by atoms with Crippen molar-refractivity contribution in [2.24, 2.45) is 5.92 Å². The predicted octanol–water partition coefficient (Wildman–Crippen LogP) is 3.57. The Balaban J connectivity index is 2.07. The number of carbonyl (C=O) groups excluding carboxylic acids is 2. The van der Waals surface area contributed by atoms with Crippen molar-refractivity contribution in [3.05, 3.63) is 42.5 Å². The molecule has 1 aromatic rings. The maximum atomic E-state index is 12.0. The van der Waals surface area contributed by atoms with Crippen molar-refractivity contribution < 1.29 is 14.3 Å². The first kappa shape index (κ1) is 17.1. The molecule has 0 spiro atoms. The summed E-state index contributed by atoms with van der Waals surface area (Å²) in [6, 6.07) is 7.45. The number of hydrogen-bond acceptors (Lipinski definition) is 3. The van der Waals surface area contributed by atoms with Crippen molar-refractivity contribution in [3.63, 3.8) is 0 Å². The molecule has 1 unspecified atom stereocenters. The third kappa shape index (κ3) is 4.84. The summed E-state index contributed by atoms with van der Waals surface area (Å²) in [5.74, 6) is 0.315. The number of benzene rings is 1. The van der Waals surface area contributed by atoms with E-state index in [-0.39, 0.29) is 11.8 Å². The average Bonchev–Trinajstić information content (AvgIpc) is 2.79. The third-order valence-corrected chi connectivity index (χ3v) is 3.59. The Bertz CT molecular complexity index is 605. The highest BCUT2D eigenvalue weighted by atomic mass is 16.6. The zero-order valence-electron chi connectivity index (χ0n) is 14.0. The fraction of sp³-hybridized carbons (Fsp3) is 0.444. The minimum atomic E-state index is -0.554. The Hall–Kier alpha value is -2.30. The molecule has 1 aliphatic rings. The molecule has 5 heteroatoms. The summed E-state index contributed by atoms with van der Waals surface area (Å²) in [5.41, 5.74) is 0.995. The van der Waals surface area contributed by atoms with Crippen LogP contribution in [0.1, 0.15) is 32.8 Å². The summed E-state index contributed by atoms with van der Waals surface area (Å²) in [6.07, 6.45) is 1.83. The van der Waals surface area contributed by atoms with Gasteiger partial charge in [0.05, 0.1) is 0 Å². The fourth-order valence-corrected chi connectivity index (χ4v) is 2.51. The van der Waals surface area contributed by atoms with E-state index in [1.807, 2.05) is 51.1 Å². The van der Waals surface area contributed by atoms with Crippen molar-refractivity contribution >= 4 is 17.7 Å². The highest BCUT2D eigenvalue weighted by Gasteiger charge is 2.28. The molecular weight excluding hydrogens is 292 g/mol. The Morgan fingerprint density at radius 3 is 2.74 bits per heavy atom. The van der Waals surface area contributed by atoms with Gasteiger partial charge < -0.3 is 9.64 Å². The number of rotatable bonds is 4. The molecule has 0 saturated carbocycles. The number of para-hydroxylation sites is 1. The second-order valence-corrected chi connectivity index (χ2v) is 6.76. The summed E-state index contributed by atoms with van der Waals surface area (Å²) in [5, 5.41) is 2.76. The first-order valence-electron chi connectivity index (χ1n) is 7.77. The molecule has 0 aromatic heterocycles. The summed E-state index contributed by atoms with van der Waals surface area (Å²) in [7, 11) is 0. The van der Waals surface area contributed by atoms with E-state index in [9.17, 15) is 9.59 Å². The summed E-state index contributed by atoms with van der Waals surface area (Å²) < 4.78 is 5.28. The standard InChI is InChI=1S/C18H24N2O3/c1-5-13-10-16(21)20(11-13)12-14-8-6-7-9-15(14)19-17(22)23-18(2,3)4/h5-9,13H,1,10-12H2,2-4H3,(H,19,22). The van der Waals surface area contributed by atoms with Gasteiger partial charge in [-0.3, -0.25) is 10.1 Å². The number of carbonyl (C=O) groups is 2. The number of likely N-dealkylation sites (tertiary alicyclic amines) is 1. The van der Waals surface area contributed by atoms with Crippen molar-refractivity contribution in [3.8, 4) is 0 Å². The largest absolute Gasteiger partial charge is 0.444 e. The highest BCUT2D eigenvalue weighted by Crippen LogP contribution is 2.24. The normalized spacial score (nSPS) is 18.0. The maximum Gasteiger partial charge on any atom is 0.412 e. The van der Waals surface area contributed by atoms with Crippen molar-refractivity contribution in [2.45, 2.75) is 39.3 Å². The smallest absolute Gasteiger partial charge is 0.412 e. The van der Waals surface area contributed by atoms with Crippen LogP contribution in [0.4, 0.5) is 10.5 Å². The third-order valence-electron chi connectivity index (χ3n) is 3.59. The number of nitrogens with one attached hydrogen (secondary N) is 1. The lowest BCUT2D eigenvalue weighted by atomic mass is 10.1. The molecule has 1 atom stereocenters. The van der Waals surface area contributed by atoms with Gasteiger partial charge in [0.15, 0.2) is 0 Å². The Kier molecular flexibility index (Phi) is 5.08. The molecule has 1 aromatic carbocycles. The van der Waals surface area contributed by atoms with Crippen LogP contribution in [0, 0.1) is 5.92 Å². The molecule has 0 aliphatic carbocycles. The van der Waals surface area contributed by atoms with Gasteiger partial charge in [0.2, 0.25) is 5.91 Å². The number of nitrogens with zero attached hydrogens (tertiary/aromatic N) is 1. The lowest BCUT2D eigenvalue weighted by molar-refractivity contribution is -0.128. The first-order chi connectivity index (χ1) is 10.8. The van der Waals surface area contributed by atoms with Crippen LogP contribution in [-0.4, -0.2) is 29.0 Å². The monoisotopic (exact) mass is 316 g/mol. The summed E-state index contributed by atoms with van der Waals surface area (Å²) >= 11 is 0. The van der Waals surface area contributed by atoms with Crippen molar-refractivity contribution in [1.29, 1.82) is 0 Å². The Morgan fingerprint density at radius 1 is 1.43 bits per heavy atom. The molecular formula is C18H24N2O3. The van der Waals surface area contributed by atoms with Crippen molar-refractivity contribution in [1.82, 2.24) is 4.90 Å². The van der Waals surface area contributed by atoms with E-state index in [0.29, 0.717) is 25.2 Å². The topological polar surface area (TPSA) is 58.6 Å². The molecule has 124 valence electrons. The number of amides is 2. The molecule has 2 amide bonds. The van der Waals surface area contributed by atoms with Crippen molar-refractivity contribution in [2.75, 3.05) is 11.9 Å². The molecule has 0 radical (unpaired) electrons. The van der Waals surface area contributed by atoms with Crippen LogP contribution < -0.4 is 5.32 Å². The van der Waals surface area contributed by atoms with Crippen LogP contribution in [0.25, 0.3) is 0 Å². The lowest BCUT2D eigenvalue weighted by Crippen LogP contribution is -2.28. The van der Waals surface area contributed by atoms with E-state index >= 15 is 0 Å². The van der Waals surface area contributed by atoms with E-state index in [4.69, 9.17) is 4.74 Å². The minimum Gasteiger partial charge on any atom is -0.444 e. The van der Waals surface area contributed by atoms with Crippen LogP contribution in [0.15, 0.2) is 36.9 Å². The molecule has 23 heavy (non-hydrogen) atoms. The summed E-state index contributed by atoms with van der Waals surface area (Å²) in [4.78, 5) is 25.8. The molecule has 1 N–H and O–H groups in total. The first-order valence-corrected chi connectivity index (χ1v) is 7.77. The lowest BCUT2D eigenvalue weighted by Gasteiger charge is -2.22. The van der Waals surface area contributed by atoms with Crippen LogP contribution >= 0.6 is 0 Å². The van der Waals surface area contributed by atoms with Crippen LogP contribution in [0.3, 0.4) is 0 Å². The van der Waals surface area contributed by atoms with E-state index in [1.54, 1.807) is 4.90 Å². The van der Waals surface area contributed by atoms with Crippen LogP contribution in [-0.2, 0) is 16.1 Å². The summed E-state index contributed by atoms with van der Waals surface area (Å²) in [6.45, 7) is 10.3. The molecule has 1 fully saturated rings. The minimum absolute atomic E-state index is 0.113. The van der Waals surface area contributed by atoms with E-state index < -0.39 is 11.7 Å².